The number of rotatable bonds is 5. The number of hydrogen-bond donors (Lipinski definition) is 2. The van der Waals surface area contributed by atoms with Gasteiger partial charge in [-0.15, -0.1) is 0 Å². The Bertz CT molecular complexity index is 700. The Morgan fingerprint density at radius 1 is 1.42 bits per heavy atom. The first-order valence-electron chi connectivity index (χ1n) is 7.63. The molecule has 1 heterocycles. The van der Waals surface area contributed by atoms with E-state index in [0.717, 1.165) is 0 Å². The summed E-state index contributed by atoms with van der Waals surface area (Å²) < 4.78 is 4.99. The second-order valence-corrected chi connectivity index (χ2v) is 5.91. The summed E-state index contributed by atoms with van der Waals surface area (Å²) in [6.45, 7) is 3.61. The second-order valence-electron chi connectivity index (χ2n) is 5.48. The van der Waals surface area contributed by atoms with Gasteiger partial charge in [0.25, 0.3) is 0 Å². The Kier molecular flexibility index (Phi) is 5.98. The van der Waals surface area contributed by atoms with E-state index in [0.29, 0.717) is 22.0 Å². The van der Waals surface area contributed by atoms with Crippen molar-refractivity contribution in [2.24, 2.45) is 5.92 Å². The van der Waals surface area contributed by atoms with E-state index in [2.05, 4.69) is 10.6 Å². The van der Waals surface area contributed by atoms with Gasteiger partial charge in [-0.2, -0.15) is 0 Å². The number of allylic oxidation sites excluding steroid dienone is 1. The summed E-state index contributed by atoms with van der Waals surface area (Å²) in [6.07, 6.45) is 0.147. The third-order valence-electron chi connectivity index (χ3n) is 3.65. The minimum atomic E-state index is -0.618. The van der Waals surface area contributed by atoms with Crippen LogP contribution in [0.2, 0.25) is 5.02 Å². The molecule has 0 fully saturated rings. The molecule has 2 amide bonds. The van der Waals surface area contributed by atoms with Crippen LogP contribution in [-0.2, 0) is 19.1 Å². The van der Waals surface area contributed by atoms with Crippen molar-refractivity contribution in [3.63, 3.8) is 0 Å². The van der Waals surface area contributed by atoms with Gasteiger partial charge in [0.1, 0.15) is 0 Å². The van der Waals surface area contributed by atoms with E-state index >= 15 is 0 Å². The van der Waals surface area contributed by atoms with E-state index in [1.54, 1.807) is 38.1 Å². The highest BCUT2D eigenvalue weighted by Gasteiger charge is 2.31. The van der Waals surface area contributed by atoms with E-state index in [1.165, 1.54) is 0 Å². The molecule has 7 heteroatoms. The molecule has 0 spiro atoms. The number of hydrogen-bond acceptors (Lipinski definition) is 4. The van der Waals surface area contributed by atoms with Crippen molar-refractivity contribution >= 4 is 35.1 Å². The Morgan fingerprint density at radius 2 is 2.17 bits per heavy atom. The average molecular weight is 351 g/mol. The molecule has 0 aliphatic carbocycles. The van der Waals surface area contributed by atoms with Gasteiger partial charge in [-0.1, -0.05) is 17.7 Å². The zero-order valence-corrected chi connectivity index (χ0v) is 14.3. The molecule has 0 radical (unpaired) electrons. The smallest absolute Gasteiger partial charge is 0.335 e. The van der Waals surface area contributed by atoms with Gasteiger partial charge in [-0.25, -0.2) is 4.79 Å². The zero-order valence-electron chi connectivity index (χ0n) is 13.5. The Labute approximate surface area is 145 Å². The maximum Gasteiger partial charge on any atom is 0.335 e. The number of amides is 2. The number of carbonyl (C=O) groups excluding carboxylic acids is 3. The van der Waals surface area contributed by atoms with Crippen molar-refractivity contribution in [2.45, 2.75) is 26.7 Å². The molecule has 0 saturated heterocycles. The molecule has 0 aromatic heterocycles. The number of benzene rings is 1. The summed E-state index contributed by atoms with van der Waals surface area (Å²) in [5.41, 5.74) is 1.43. The van der Waals surface area contributed by atoms with Gasteiger partial charge in [-0.05, 0) is 38.5 Å². The molecule has 1 unspecified atom stereocenters. The molecule has 1 aromatic carbocycles. The second kappa shape index (κ2) is 7.97. The van der Waals surface area contributed by atoms with Crippen LogP contribution in [-0.4, -0.2) is 24.4 Å². The van der Waals surface area contributed by atoms with Gasteiger partial charge in [0.15, 0.2) is 0 Å². The first-order valence-corrected chi connectivity index (χ1v) is 8.01. The van der Waals surface area contributed by atoms with Gasteiger partial charge in [0.2, 0.25) is 11.8 Å². The van der Waals surface area contributed by atoms with E-state index < -0.39 is 11.9 Å². The van der Waals surface area contributed by atoms with Crippen molar-refractivity contribution < 1.29 is 19.1 Å². The number of halogens is 1. The van der Waals surface area contributed by atoms with Crippen LogP contribution in [0.15, 0.2) is 35.5 Å². The average Bonchev–Trinajstić information content (AvgIpc) is 2.50. The predicted molar refractivity (Wildman–Crippen MR) is 90.3 cm³/mol. The lowest BCUT2D eigenvalue weighted by Gasteiger charge is -2.24. The number of esters is 1. The monoisotopic (exact) mass is 350 g/mol. The minimum absolute atomic E-state index is 0.0332. The third-order valence-corrected chi connectivity index (χ3v) is 3.88. The topological polar surface area (TPSA) is 84.5 Å². The SMILES string of the molecule is CCOC(=O)C1=C(C)NC(=O)C(CC(=O)Nc2cccc(Cl)c2)C1. The van der Waals surface area contributed by atoms with Crippen LogP contribution in [0.5, 0.6) is 0 Å². The van der Waals surface area contributed by atoms with Crippen LogP contribution in [0, 0.1) is 5.92 Å². The summed E-state index contributed by atoms with van der Waals surface area (Å²) >= 11 is 5.87. The predicted octanol–water partition coefficient (Wildman–Crippen LogP) is 2.64. The molecule has 0 saturated carbocycles. The van der Waals surface area contributed by atoms with Gasteiger partial charge >= 0.3 is 5.97 Å². The van der Waals surface area contributed by atoms with Gasteiger partial charge in [-0.3, -0.25) is 9.59 Å². The number of nitrogens with one attached hydrogen (secondary N) is 2. The standard InChI is InChI=1S/C17H19ClN2O4/c1-3-24-17(23)14-7-11(16(22)19-10(14)2)8-15(21)20-13-6-4-5-12(18)9-13/h4-6,9,11H,3,7-8H2,1-2H3,(H,19,22)(H,20,21). The number of anilines is 1. The normalized spacial score (nSPS) is 17.3. The molecule has 24 heavy (non-hydrogen) atoms. The molecule has 1 aromatic rings. The maximum atomic E-state index is 12.2. The number of ether oxygens (including phenoxy) is 1. The third kappa shape index (κ3) is 4.58. The first kappa shape index (κ1) is 18.0. The lowest BCUT2D eigenvalue weighted by molar-refractivity contribution is -0.139. The van der Waals surface area contributed by atoms with Crippen molar-refractivity contribution in [1.82, 2.24) is 5.32 Å². The van der Waals surface area contributed by atoms with Crippen LogP contribution < -0.4 is 10.6 Å². The highest BCUT2D eigenvalue weighted by Crippen LogP contribution is 2.25. The van der Waals surface area contributed by atoms with Crippen LogP contribution in [0.4, 0.5) is 5.69 Å². The van der Waals surface area contributed by atoms with E-state index in [9.17, 15) is 14.4 Å². The Morgan fingerprint density at radius 3 is 2.83 bits per heavy atom. The molecule has 1 atom stereocenters. The highest BCUT2D eigenvalue weighted by atomic mass is 35.5. The molecule has 6 nitrogen and oxygen atoms in total. The lowest BCUT2D eigenvalue weighted by Crippen LogP contribution is -2.38. The van der Waals surface area contributed by atoms with Crippen molar-refractivity contribution in [3.05, 3.63) is 40.6 Å². The van der Waals surface area contributed by atoms with Crippen LogP contribution in [0.3, 0.4) is 0 Å². The van der Waals surface area contributed by atoms with Crippen molar-refractivity contribution in [3.8, 4) is 0 Å². The summed E-state index contributed by atoms with van der Waals surface area (Å²) in [6, 6.07) is 6.74. The molecule has 0 bridgehead atoms. The zero-order chi connectivity index (χ0) is 17.7. The molecule has 128 valence electrons. The van der Waals surface area contributed by atoms with Gasteiger partial charge < -0.3 is 15.4 Å². The fraction of sp³-hybridized carbons (Fsp3) is 0.353. The van der Waals surface area contributed by atoms with Crippen LogP contribution in [0.25, 0.3) is 0 Å². The first-order chi connectivity index (χ1) is 11.4. The van der Waals surface area contributed by atoms with Gasteiger partial charge in [0.05, 0.1) is 18.1 Å². The van der Waals surface area contributed by atoms with Crippen molar-refractivity contribution in [1.29, 1.82) is 0 Å². The van der Waals surface area contributed by atoms with Crippen molar-refractivity contribution in [2.75, 3.05) is 11.9 Å². The summed E-state index contributed by atoms with van der Waals surface area (Å²) in [7, 11) is 0. The molecule has 1 aliphatic rings. The maximum absolute atomic E-state index is 12.2. The van der Waals surface area contributed by atoms with Crippen LogP contribution in [0.1, 0.15) is 26.7 Å². The minimum Gasteiger partial charge on any atom is -0.463 e. The Balaban J connectivity index is 2.02. The highest BCUT2D eigenvalue weighted by molar-refractivity contribution is 6.30. The summed E-state index contributed by atoms with van der Waals surface area (Å²) in [4.78, 5) is 36.2. The lowest BCUT2D eigenvalue weighted by atomic mass is 9.90. The quantitative estimate of drug-likeness (QED) is 0.799. The summed E-state index contributed by atoms with van der Waals surface area (Å²) in [5.74, 6) is -1.68. The fourth-order valence-electron chi connectivity index (χ4n) is 2.48. The Hall–Kier alpha value is -2.34. The van der Waals surface area contributed by atoms with E-state index in [-0.39, 0.29) is 31.3 Å². The van der Waals surface area contributed by atoms with Crippen LogP contribution >= 0.6 is 11.6 Å². The van der Waals surface area contributed by atoms with Gasteiger partial charge in [0, 0.05) is 22.8 Å². The molecular formula is C17H19ClN2O4. The molecular weight excluding hydrogens is 332 g/mol. The number of carbonyl (C=O) groups is 3. The molecule has 2 N–H and O–H groups in total. The van der Waals surface area contributed by atoms with E-state index in [1.807, 2.05) is 0 Å². The molecule has 2 rings (SSSR count). The largest absolute Gasteiger partial charge is 0.463 e. The molecule has 1 aliphatic heterocycles. The fourth-order valence-corrected chi connectivity index (χ4v) is 2.67. The summed E-state index contributed by atoms with van der Waals surface area (Å²) in [5, 5.41) is 5.84. The van der Waals surface area contributed by atoms with E-state index in [4.69, 9.17) is 16.3 Å².